The number of para-hydroxylation sites is 1. The molecular formula is C21H24N8O2. The molecule has 10 nitrogen and oxygen atoms in total. The highest BCUT2D eigenvalue weighted by molar-refractivity contribution is 5.79. The number of aromatic nitrogens is 6. The van der Waals surface area contributed by atoms with Crippen LogP contribution < -0.4 is 20.5 Å². The van der Waals surface area contributed by atoms with Crippen LogP contribution in [0.1, 0.15) is 18.4 Å². The quantitative estimate of drug-likeness (QED) is 0.380. The lowest BCUT2D eigenvalue weighted by molar-refractivity contribution is -0.623. The molecule has 0 unspecified atom stereocenters. The number of rotatable bonds is 4. The lowest BCUT2D eigenvalue weighted by atomic mass is 10.2. The minimum absolute atomic E-state index is 0.0121. The molecule has 1 aliphatic rings. The normalized spacial score (nSPS) is 14.6. The molecule has 4 aromatic rings. The highest BCUT2D eigenvalue weighted by Crippen LogP contribution is 2.20. The molecular weight excluding hydrogens is 396 g/mol. The summed E-state index contributed by atoms with van der Waals surface area (Å²) in [7, 11) is 0. The van der Waals surface area contributed by atoms with Gasteiger partial charge in [0.25, 0.3) is 5.56 Å². The van der Waals surface area contributed by atoms with E-state index in [2.05, 4.69) is 20.3 Å². The third-order valence-electron chi connectivity index (χ3n) is 5.82. The number of piperazine rings is 1. The lowest BCUT2D eigenvalue weighted by Crippen LogP contribution is -2.44. The van der Waals surface area contributed by atoms with Gasteiger partial charge < -0.3 is 20.0 Å². The van der Waals surface area contributed by atoms with Gasteiger partial charge >= 0.3 is 5.82 Å². The van der Waals surface area contributed by atoms with Crippen LogP contribution in [0.2, 0.25) is 0 Å². The highest BCUT2D eigenvalue weighted by atomic mass is 16.5. The Labute approximate surface area is 178 Å². The van der Waals surface area contributed by atoms with Crippen molar-refractivity contribution in [3.63, 3.8) is 0 Å². The maximum atomic E-state index is 13.3. The Hall–Kier alpha value is -3.53. The third kappa shape index (κ3) is 3.19. The van der Waals surface area contributed by atoms with E-state index < -0.39 is 0 Å². The number of fused-ring (bicyclic) bond motifs is 2. The molecule has 0 saturated carbocycles. The summed E-state index contributed by atoms with van der Waals surface area (Å²) in [6.07, 6.45) is 1.59. The Kier molecular flexibility index (Phi) is 4.78. The number of anilines is 1. The first-order chi connectivity index (χ1) is 15.1. The van der Waals surface area contributed by atoms with Gasteiger partial charge in [-0.25, -0.2) is 14.4 Å². The minimum atomic E-state index is -0.277. The maximum Gasteiger partial charge on any atom is 0.324 e. The monoisotopic (exact) mass is 420 g/mol. The molecule has 1 aromatic carbocycles. The number of benzene rings is 1. The Morgan fingerprint density at radius 3 is 2.71 bits per heavy atom. The van der Waals surface area contributed by atoms with Crippen LogP contribution in [-0.4, -0.2) is 50.5 Å². The van der Waals surface area contributed by atoms with Gasteiger partial charge in [0.2, 0.25) is 5.95 Å². The molecule has 10 heteroatoms. The van der Waals surface area contributed by atoms with Crippen LogP contribution >= 0.6 is 0 Å². The zero-order chi connectivity index (χ0) is 21.5. The molecule has 160 valence electrons. The van der Waals surface area contributed by atoms with Crippen LogP contribution in [0.5, 0.6) is 0 Å². The first kappa shape index (κ1) is 19.4. The van der Waals surface area contributed by atoms with Crippen LogP contribution in [0.25, 0.3) is 21.9 Å². The number of nitrogens with zero attached hydrogens (tertiary/aromatic N) is 7. The van der Waals surface area contributed by atoms with Gasteiger partial charge in [-0.3, -0.25) is 4.79 Å². The summed E-state index contributed by atoms with van der Waals surface area (Å²) < 4.78 is 4.01. The summed E-state index contributed by atoms with van der Waals surface area (Å²) in [6.45, 7) is 7.79. The van der Waals surface area contributed by atoms with Gasteiger partial charge in [0.05, 0.1) is 11.6 Å². The van der Waals surface area contributed by atoms with E-state index in [-0.39, 0.29) is 17.9 Å². The van der Waals surface area contributed by atoms with Gasteiger partial charge in [0, 0.05) is 32.7 Å². The molecule has 1 N–H and O–H groups in total. The second-order valence-electron chi connectivity index (χ2n) is 7.66. The molecule has 0 amide bonds. The number of nitrogens with one attached hydrogen (secondary N) is 1. The topological polar surface area (TPSA) is 108 Å². The Morgan fingerprint density at radius 2 is 1.94 bits per heavy atom. The van der Waals surface area contributed by atoms with Crippen LogP contribution in [0, 0.1) is 12.1 Å². The van der Waals surface area contributed by atoms with E-state index in [0.29, 0.717) is 23.3 Å². The van der Waals surface area contributed by atoms with Gasteiger partial charge in [-0.1, -0.05) is 12.1 Å². The van der Waals surface area contributed by atoms with Crippen LogP contribution in [0.4, 0.5) is 5.95 Å². The largest absolute Gasteiger partial charge is 0.710 e. The lowest BCUT2D eigenvalue weighted by Gasteiger charge is -2.28. The van der Waals surface area contributed by atoms with E-state index in [4.69, 9.17) is 4.98 Å². The van der Waals surface area contributed by atoms with Crippen molar-refractivity contribution in [2.24, 2.45) is 0 Å². The van der Waals surface area contributed by atoms with Crippen molar-refractivity contribution in [2.75, 3.05) is 31.1 Å². The Bertz CT molecular complexity index is 1340. The van der Waals surface area contributed by atoms with Crippen molar-refractivity contribution in [1.29, 1.82) is 0 Å². The van der Waals surface area contributed by atoms with E-state index >= 15 is 0 Å². The standard InChI is InChI=1S/C21H24N8O2/c1-3-27-19-17(25-21(27)26-10-8-22-9-11-26)12-23-28(20(19)30)13-18-24-16-7-5-4-6-15(16)14(2)29(18)31/h4-7,12,22H,3,8-11,13H2,1-2H3. The molecule has 0 spiro atoms. The van der Waals surface area contributed by atoms with Crippen molar-refractivity contribution in [2.45, 2.75) is 26.9 Å². The Balaban J connectivity index is 1.60. The summed E-state index contributed by atoms with van der Waals surface area (Å²) in [5, 5.41) is 21.2. The number of imidazole rings is 1. The van der Waals surface area contributed by atoms with Crippen molar-refractivity contribution in [3.8, 4) is 0 Å². The SMILES string of the molecule is CCn1c(N2CCNCC2)nc2cnn(Cc3nc4ccccc4c(C)[n+]3[O-])c(=O)c21. The molecule has 0 atom stereocenters. The summed E-state index contributed by atoms with van der Waals surface area (Å²) in [6, 6.07) is 7.47. The zero-order valence-corrected chi connectivity index (χ0v) is 17.6. The molecule has 1 aliphatic heterocycles. The fraction of sp³-hybridized carbons (Fsp3) is 0.381. The molecule has 1 fully saturated rings. The fourth-order valence-corrected chi connectivity index (χ4v) is 4.19. The maximum absolute atomic E-state index is 13.3. The summed E-state index contributed by atoms with van der Waals surface area (Å²) in [4.78, 5) is 24.7. The van der Waals surface area contributed by atoms with Crippen LogP contribution in [0.15, 0.2) is 35.3 Å². The average Bonchev–Trinajstić information content (AvgIpc) is 3.19. The molecule has 0 radical (unpaired) electrons. The van der Waals surface area contributed by atoms with Gasteiger partial charge in [-0.05, 0) is 31.0 Å². The number of hydrogen-bond donors (Lipinski definition) is 1. The van der Waals surface area contributed by atoms with E-state index in [0.717, 1.165) is 47.8 Å². The third-order valence-corrected chi connectivity index (χ3v) is 5.82. The van der Waals surface area contributed by atoms with Gasteiger partial charge in [-0.15, -0.1) is 0 Å². The van der Waals surface area contributed by atoms with Crippen LogP contribution in [-0.2, 0) is 13.1 Å². The predicted molar refractivity (Wildman–Crippen MR) is 117 cm³/mol. The predicted octanol–water partition coefficient (Wildman–Crippen LogP) is 0.561. The average molecular weight is 420 g/mol. The Morgan fingerprint density at radius 1 is 1.16 bits per heavy atom. The smallest absolute Gasteiger partial charge is 0.324 e. The van der Waals surface area contributed by atoms with Gasteiger partial charge in [0.15, 0.2) is 12.1 Å². The van der Waals surface area contributed by atoms with Crippen molar-refractivity contribution < 1.29 is 4.73 Å². The minimum Gasteiger partial charge on any atom is -0.710 e. The zero-order valence-electron chi connectivity index (χ0n) is 17.6. The van der Waals surface area contributed by atoms with Crippen molar-refractivity contribution >= 4 is 27.9 Å². The van der Waals surface area contributed by atoms with Crippen molar-refractivity contribution in [1.82, 2.24) is 29.6 Å². The summed E-state index contributed by atoms with van der Waals surface area (Å²) >= 11 is 0. The molecule has 0 bridgehead atoms. The summed E-state index contributed by atoms with van der Waals surface area (Å²) in [5.74, 6) is 1.02. The molecule has 5 rings (SSSR count). The number of hydrogen-bond acceptors (Lipinski definition) is 7. The van der Waals surface area contributed by atoms with E-state index in [1.165, 1.54) is 4.68 Å². The molecule has 0 aliphatic carbocycles. The second kappa shape index (κ2) is 7.62. The second-order valence-corrected chi connectivity index (χ2v) is 7.66. The highest BCUT2D eigenvalue weighted by Gasteiger charge is 2.23. The van der Waals surface area contributed by atoms with Crippen molar-refractivity contribution in [3.05, 3.63) is 57.5 Å². The van der Waals surface area contributed by atoms with Crippen LogP contribution in [0.3, 0.4) is 0 Å². The molecule has 1 saturated heterocycles. The summed E-state index contributed by atoms with van der Waals surface area (Å²) in [5.41, 5.74) is 2.06. The van der Waals surface area contributed by atoms with Gasteiger partial charge in [0.1, 0.15) is 16.7 Å². The molecule has 3 aromatic heterocycles. The van der Waals surface area contributed by atoms with E-state index in [9.17, 15) is 10.0 Å². The molecule has 31 heavy (non-hydrogen) atoms. The molecule has 4 heterocycles. The number of aryl methyl sites for hydroxylation is 2. The van der Waals surface area contributed by atoms with E-state index in [1.54, 1.807) is 13.1 Å². The van der Waals surface area contributed by atoms with E-state index in [1.807, 2.05) is 35.8 Å². The fourth-order valence-electron chi connectivity index (χ4n) is 4.19. The first-order valence-corrected chi connectivity index (χ1v) is 10.5. The van der Waals surface area contributed by atoms with Gasteiger partial charge in [-0.2, -0.15) is 5.10 Å². The first-order valence-electron chi connectivity index (χ1n) is 10.5.